The molecule has 0 unspecified atom stereocenters. The Morgan fingerprint density at radius 2 is 1.73 bits per heavy atom. The average molecular weight is 494 g/mol. The Bertz CT molecular complexity index is 1490. The first-order valence-corrected chi connectivity index (χ1v) is 12.3. The number of hydrogen-bond acceptors (Lipinski definition) is 5. The summed E-state index contributed by atoms with van der Waals surface area (Å²) in [7, 11) is 0. The van der Waals surface area contributed by atoms with Crippen molar-refractivity contribution in [1.82, 2.24) is 14.7 Å². The van der Waals surface area contributed by atoms with Crippen LogP contribution in [0.5, 0.6) is 0 Å². The summed E-state index contributed by atoms with van der Waals surface area (Å²) in [6, 6.07) is 22.5. The van der Waals surface area contributed by atoms with Crippen LogP contribution in [-0.4, -0.2) is 46.0 Å². The molecule has 2 heterocycles. The van der Waals surface area contributed by atoms with Gasteiger partial charge in [-0.1, -0.05) is 54.6 Å². The van der Waals surface area contributed by atoms with E-state index in [9.17, 15) is 14.4 Å². The molecule has 1 aliphatic heterocycles. The minimum Gasteiger partial charge on any atom is -0.461 e. The minimum atomic E-state index is -0.569. The summed E-state index contributed by atoms with van der Waals surface area (Å²) < 4.78 is 7.01. The van der Waals surface area contributed by atoms with E-state index >= 15 is 0 Å². The molecule has 0 bridgehead atoms. The molecule has 7 nitrogen and oxygen atoms in total. The molecule has 0 saturated heterocycles. The van der Waals surface area contributed by atoms with E-state index in [-0.39, 0.29) is 18.2 Å². The number of hydrogen-bond donors (Lipinski definition) is 0. The highest BCUT2D eigenvalue weighted by atomic mass is 16.5. The van der Waals surface area contributed by atoms with Crippen molar-refractivity contribution in [2.45, 2.75) is 26.8 Å². The molecule has 4 aromatic rings. The van der Waals surface area contributed by atoms with E-state index in [2.05, 4.69) is 11.2 Å². The third kappa shape index (κ3) is 4.56. The molecule has 37 heavy (non-hydrogen) atoms. The minimum absolute atomic E-state index is 0.125. The monoisotopic (exact) mass is 493 g/mol. The number of fused-ring (bicyclic) bond motifs is 1. The van der Waals surface area contributed by atoms with Gasteiger partial charge < -0.3 is 9.64 Å². The smallest absolute Gasteiger partial charge is 0.359 e. The molecule has 0 saturated carbocycles. The first-order valence-electron chi connectivity index (χ1n) is 12.3. The lowest BCUT2D eigenvalue weighted by atomic mass is 9.93. The Morgan fingerprint density at radius 3 is 2.46 bits per heavy atom. The third-order valence-electron chi connectivity index (χ3n) is 6.68. The predicted octanol–water partition coefficient (Wildman–Crippen LogP) is 5.04. The number of ether oxygens (including phenoxy) is 1. The highest BCUT2D eigenvalue weighted by molar-refractivity contribution is 6.06. The van der Waals surface area contributed by atoms with Crippen molar-refractivity contribution in [3.63, 3.8) is 0 Å². The standard InChI is InChI=1S/C30H27N3O4/c1-3-37-30(36)28-27(20(2)33(31-28)24-11-5-4-6-12-24)25-14-13-21(19-34)17-26(25)29(35)32-16-15-22-9-7-8-10-23(22)18-32/h4-14,17,19H,3,15-16,18H2,1-2H3. The van der Waals surface area contributed by atoms with Crippen molar-refractivity contribution >= 4 is 18.2 Å². The normalized spacial score (nSPS) is 12.6. The number of nitrogens with zero attached hydrogens (tertiary/aromatic N) is 3. The molecule has 0 radical (unpaired) electrons. The fourth-order valence-electron chi connectivity index (χ4n) is 4.86. The molecule has 186 valence electrons. The molecule has 1 aliphatic rings. The summed E-state index contributed by atoms with van der Waals surface area (Å²) in [5.74, 6) is -0.769. The summed E-state index contributed by atoms with van der Waals surface area (Å²) in [6.07, 6.45) is 1.47. The number of rotatable bonds is 6. The highest BCUT2D eigenvalue weighted by Gasteiger charge is 2.29. The molecule has 0 atom stereocenters. The fourth-order valence-corrected chi connectivity index (χ4v) is 4.86. The zero-order chi connectivity index (χ0) is 25.9. The number of esters is 1. The molecule has 0 fully saturated rings. The van der Waals surface area contributed by atoms with Gasteiger partial charge in [0.15, 0.2) is 5.69 Å². The first kappa shape index (κ1) is 24.2. The van der Waals surface area contributed by atoms with Crippen LogP contribution in [-0.2, 0) is 17.7 Å². The molecule has 0 N–H and O–H groups in total. The Hall–Kier alpha value is -4.52. The molecule has 7 heteroatoms. The van der Waals surface area contributed by atoms with E-state index < -0.39 is 5.97 Å². The third-order valence-corrected chi connectivity index (χ3v) is 6.68. The van der Waals surface area contributed by atoms with Crippen LogP contribution in [0.2, 0.25) is 0 Å². The van der Waals surface area contributed by atoms with Gasteiger partial charge in [-0.05, 0) is 55.2 Å². The summed E-state index contributed by atoms with van der Waals surface area (Å²) in [6.45, 7) is 4.83. The average Bonchev–Trinajstić information content (AvgIpc) is 3.29. The van der Waals surface area contributed by atoms with Gasteiger partial charge in [0.1, 0.15) is 6.29 Å². The number of benzene rings is 3. The number of carbonyl (C=O) groups excluding carboxylic acids is 3. The second kappa shape index (κ2) is 10.2. The Labute approximate surface area is 215 Å². The van der Waals surface area contributed by atoms with Gasteiger partial charge in [0.05, 0.1) is 12.3 Å². The molecule has 1 amide bonds. The summed E-state index contributed by atoms with van der Waals surface area (Å²) in [5, 5.41) is 4.61. The van der Waals surface area contributed by atoms with Gasteiger partial charge in [0.2, 0.25) is 0 Å². The van der Waals surface area contributed by atoms with Gasteiger partial charge in [-0.15, -0.1) is 0 Å². The Kier molecular flexibility index (Phi) is 6.68. The largest absolute Gasteiger partial charge is 0.461 e. The Balaban J connectivity index is 1.65. The van der Waals surface area contributed by atoms with Crippen molar-refractivity contribution in [2.24, 2.45) is 0 Å². The quantitative estimate of drug-likeness (QED) is 0.278. The van der Waals surface area contributed by atoms with Crippen molar-refractivity contribution < 1.29 is 19.1 Å². The van der Waals surface area contributed by atoms with Crippen LogP contribution in [0.3, 0.4) is 0 Å². The van der Waals surface area contributed by atoms with E-state index in [1.165, 1.54) is 5.56 Å². The van der Waals surface area contributed by atoms with Gasteiger partial charge >= 0.3 is 5.97 Å². The topological polar surface area (TPSA) is 81.5 Å². The lowest BCUT2D eigenvalue weighted by molar-refractivity contribution is 0.0519. The second-order valence-electron chi connectivity index (χ2n) is 8.95. The lowest BCUT2D eigenvalue weighted by Gasteiger charge is -2.29. The number of amides is 1. The predicted molar refractivity (Wildman–Crippen MR) is 140 cm³/mol. The number of aldehydes is 1. The van der Waals surface area contributed by atoms with E-state index in [1.807, 2.05) is 55.5 Å². The van der Waals surface area contributed by atoms with Crippen LogP contribution in [0, 0.1) is 6.92 Å². The maximum atomic E-state index is 13.9. The van der Waals surface area contributed by atoms with Crippen LogP contribution in [0.4, 0.5) is 0 Å². The lowest BCUT2D eigenvalue weighted by Crippen LogP contribution is -2.36. The van der Waals surface area contributed by atoms with Gasteiger partial charge in [0, 0.05) is 35.5 Å². The number of aromatic nitrogens is 2. The zero-order valence-corrected chi connectivity index (χ0v) is 20.8. The van der Waals surface area contributed by atoms with Crippen molar-refractivity contribution in [1.29, 1.82) is 0 Å². The molecule has 0 spiro atoms. The summed E-state index contributed by atoms with van der Waals surface area (Å²) in [5.41, 5.74) is 5.72. The van der Waals surface area contributed by atoms with Crippen molar-refractivity contribution in [3.8, 4) is 16.8 Å². The van der Waals surface area contributed by atoms with Gasteiger partial charge in [-0.3, -0.25) is 9.59 Å². The van der Waals surface area contributed by atoms with Crippen LogP contribution >= 0.6 is 0 Å². The number of para-hydroxylation sites is 1. The number of carbonyl (C=O) groups is 3. The van der Waals surface area contributed by atoms with E-state index in [0.29, 0.717) is 41.0 Å². The molecular weight excluding hydrogens is 466 g/mol. The van der Waals surface area contributed by atoms with Crippen LogP contribution in [0.1, 0.15) is 54.9 Å². The SMILES string of the molecule is CCOC(=O)c1nn(-c2ccccc2)c(C)c1-c1ccc(C=O)cc1C(=O)N1CCc2ccccc2C1. The van der Waals surface area contributed by atoms with Crippen LogP contribution in [0.25, 0.3) is 16.8 Å². The van der Waals surface area contributed by atoms with Gasteiger partial charge in [0.25, 0.3) is 5.91 Å². The van der Waals surface area contributed by atoms with Crippen molar-refractivity contribution in [2.75, 3.05) is 13.2 Å². The summed E-state index contributed by atoms with van der Waals surface area (Å²) in [4.78, 5) is 40.4. The first-order chi connectivity index (χ1) is 18.0. The van der Waals surface area contributed by atoms with Crippen LogP contribution in [0.15, 0.2) is 72.8 Å². The van der Waals surface area contributed by atoms with Gasteiger partial charge in [-0.2, -0.15) is 5.10 Å². The maximum Gasteiger partial charge on any atom is 0.359 e. The van der Waals surface area contributed by atoms with Crippen LogP contribution < -0.4 is 0 Å². The molecule has 0 aliphatic carbocycles. The van der Waals surface area contributed by atoms with Crippen molar-refractivity contribution in [3.05, 3.63) is 106 Å². The molecule has 3 aromatic carbocycles. The van der Waals surface area contributed by atoms with Gasteiger partial charge in [-0.25, -0.2) is 9.48 Å². The molecule has 5 rings (SSSR count). The van der Waals surface area contributed by atoms with E-state index in [0.717, 1.165) is 24.0 Å². The fraction of sp³-hybridized carbons (Fsp3) is 0.200. The molecule has 1 aromatic heterocycles. The maximum absolute atomic E-state index is 13.9. The molecular formula is C30H27N3O4. The summed E-state index contributed by atoms with van der Waals surface area (Å²) >= 11 is 0. The second-order valence-corrected chi connectivity index (χ2v) is 8.95. The zero-order valence-electron chi connectivity index (χ0n) is 20.8. The van der Waals surface area contributed by atoms with E-state index in [1.54, 1.807) is 34.7 Å². The van der Waals surface area contributed by atoms with E-state index in [4.69, 9.17) is 4.74 Å². The highest BCUT2D eigenvalue weighted by Crippen LogP contribution is 2.34. The Morgan fingerprint density at radius 1 is 1.00 bits per heavy atom.